The molecule has 7 heteroatoms. The number of benzene rings is 2. The minimum Gasteiger partial charge on any atom is -0.494 e. The van der Waals surface area contributed by atoms with Gasteiger partial charge in [0.2, 0.25) is 5.88 Å². The lowest BCUT2D eigenvalue weighted by Crippen LogP contribution is -2.30. The molecule has 0 saturated carbocycles. The lowest BCUT2D eigenvalue weighted by molar-refractivity contribution is -0.136. The highest BCUT2D eigenvalue weighted by atomic mass is 16.4. The summed E-state index contributed by atoms with van der Waals surface area (Å²) in [7, 11) is 0. The van der Waals surface area contributed by atoms with E-state index in [2.05, 4.69) is 10.7 Å². The van der Waals surface area contributed by atoms with Gasteiger partial charge in [-0.3, -0.25) is 14.6 Å². The van der Waals surface area contributed by atoms with Crippen molar-refractivity contribution >= 4 is 18.1 Å². The van der Waals surface area contributed by atoms with Gasteiger partial charge in [-0.05, 0) is 35.4 Å². The Balaban J connectivity index is 2.03. The topological polar surface area (TPSA) is 112 Å². The van der Waals surface area contributed by atoms with Crippen LogP contribution in [0.2, 0.25) is 0 Å². The summed E-state index contributed by atoms with van der Waals surface area (Å²) in [5.41, 5.74) is 2.83. The van der Waals surface area contributed by atoms with Crippen LogP contribution in [-0.2, 0) is 11.2 Å². The molecule has 3 rings (SSSR count). The summed E-state index contributed by atoms with van der Waals surface area (Å²) in [4.78, 5) is 37.2. The molecule has 0 radical (unpaired) electrons. The molecule has 3 N–H and O–H groups in total. The zero-order valence-corrected chi connectivity index (χ0v) is 14.6. The lowest BCUT2D eigenvalue weighted by atomic mass is 10.1. The molecule has 28 heavy (non-hydrogen) atoms. The Bertz CT molecular complexity index is 1180. The quantitative estimate of drug-likeness (QED) is 0.591. The Morgan fingerprint density at radius 2 is 1.71 bits per heavy atom. The molecule has 0 atom stereocenters. The molecule has 0 spiro atoms. The van der Waals surface area contributed by atoms with E-state index in [1.807, 2.05) is 30.3 Å². The fraction of sp³-hybridized carbons (Fsp3) is 0.0476. The average Bonchev–Trinajstić information content (AvgIpc) is 2.66. The molecule has 0 fully saturated rings. The van der Waals surface area contributed by atoms with E-state index < -0.39 is 23.1 Å². The molecule has 0 unspecified atom stereocenters. The van der Waals surface area contributed by atoms with Crippen LogP contribution in [-0.4, -0.2) is 25.7 Å². The Labute approximate surface area is 159 Å². The highest BCUT2D eigenvalue weighted by molar-refractivity contribution is 5.70. The van der Waals surface area contributed by atoms with Crippen molar-refractivity contribution in [2.45, 2.75) is 6.42 Å². The standard InChI is InChI=1S/C21H16N2O5/c24-18(25)13-15-9-11-16(12-10-15)23-20(27)17(19(26)22-21(23)28)8-4-7-14-5-2-1-3-6-14/h1-3,5-12,27H,13H2,(H,24,25)(H,22,26,28). The van der Waals surface area contributed by atoms with Gasteiger partial charge in [0.15, 0.2) is 0 Å². The van der Waals surface area contributed by atoms with Crippen molar-refractivity contribution in [3.05, 3.63) is 97.9 Å². The van der Waals surface area contributed by atoms with Gasteiger partial charge >= 0.3 is 11.7 Å². The number of rotatable bonds is 5. The van der Waals surface area contributed by atoms with Crippen molar-refractivity contribution in [2.24, 2.45) is 0 Å². The second-order valence-electron chi connectivity index (χ2n) is 5.93. The van der Waals surface area contributed by atoms with Gasteiger partial charge in [-0.15, -0.1) is 5.73 Å². The Kier molecular flexibility index (Phi) is 5.39. The molecule has 3 aromatic rings. The van der Waals surface area contributed by atoms with Gasteiger partial charge in [0.05, 0.1) is 12.1 Å². The second kappa shape index (κ2) is 8.07. The maximum Gasteiger partial charge on any atom is 0.335 e. The van der Waals surface area contributed by atoms with Crippen LogP contribution >= 0.6 is 0 Å². The van der Waals surface area contributed by atoms with Crippen LogP contribution in [0.4, 0.5) is 0 Å². The van der Waals surface area contributed by atoms with Gasteiger partial charge in [-0.1, -0.05) is 42.5 Å². The fourth-order valence-corrected chi connectivity index (χ4v) is 2.62. The largest absolute Gasteiger partial charge is 0.494 e. The summed E-state index contributed by atoms with van der Waals surface area (Å²) in [5, 5.41) is 19.3. The normalized spacial score (nSPS) is 10.1. The number of aromatic nitrogens is 2. The number of nitrogens with zero attached hydrogens (tertiary/aromatic N) is 1. The molecule has 140 valence electrons. The molecule has 0 aliphatic heterocycles. The van der Waals surface area contributed by atoms with Gasteiger partial charge in [0.25, 0.3) is 5.56 Å². The summed E-state index contributed by atoms with van der Waals surface area (Å²) in [6.45, 7) is 0. The fourth-order valence-electron chi connectivity index (χ4n) is 2.62. The number of aliphatic carboxylic acids is 1. The summed E-state index contributed by atoms with van der Waals surface area (Å²) >= 11 is 0. The number of aromatic hydroxyl groups is 1. The Morgan fingerprint density at radius 1 is 1.04 bits per heavy atom. The van der Waals surface area contributed by atoms with Crippen LogP contribution in [0.15, 0.2) is 69.9 Å². The van der Waals surface area contributed by atoms with E-state index in [0.717, 1.165) is 10.1 Å². The molecule has 0 bridgehead atoms. The SMILES string of the molecule is O=C(O)Cc1ccc(-n2c(O)c(C=C=Cc3ccccc3)c(=O)[nH]c2=O)cc1. The number of carbonyl (C=O) groups is 1. The smallest absolute Gasteiger partial charge is 0.335 e. The molecule has 0 saturated heterocycles. The molecule has 1 aromatic heterocycles. The lowest BCUT2D eigenvalue weighted by Gasteiger charge is -2.10. The first-order valence-electron chi connectivity index (χ1n) is 8.32. The van der Waals surface area contributed by atoms with Crippen molar-refractivity contribution in [1.82, 2.24) is 9.55 Å². The zero-order chi connectivity index (χ0) is 20.1. The highest BCUT2D eigenvalue weighted by Gasteiger charge is 2.13. The zero-order valence-electron chi connectivity index (χ0n) is 14.6. The van der Waals surface area contributed by atoms with Crippen molar-refractivity contribution in [1.29, 1.82) is 0 Å². The average molecular weight is 376 g/mol. The van der Waals surface area contributed by atoms with Gasteiger partial charge in [0, 0.05) is 0 Å². The van der Waals surface area contributed by atoms with Gasteiger partial charge in [0.1, 0.15) is 5.56 Å². The number of carboxylic acid groups (broad SMARTS) is 1. The summed E-state index contributed by atoms with van der Waals surface area (Å²) in [5.74, 6) is -1.51. The van der Waals surface area contributed by atoms with Gasteiger partial charge in [-0.2, -0.15) is 0 Å². The molecular weight excluding hydrogens is 360 g/mol. The number of nitrogens with one attached hydrogen (secondary N) is 1. The van der Waals surface area contributed by atoms with Crippen molar-refractivity contribution in [3.8, 4) is 11.6 Å². The van der Waals surface area contributed by atoms with Crippen LogP contribution in [0.5, 0.6) is 5.88 Å². The highest BCUT2D eigenvalue weighted by Crippen LogP contribution is 2.18. The second-order valence-corrected chi connectivity index (χ2v) is 5.93. The Morgan fingerprint density at radius 3 is 2.36 bits per heavy atom. The van der Waals surface area contributed by atoms with E-state index >= 15 is 0 Å². The first-order chi connectivity index (χ1) is 13.5. The van der Waals surface area contributed by atoms with Crippen LogP contribution < -0.4 is 11.2 Å². The van der Waals surface area contributed by atoms with E-state index in [-0.39, 0.29) is 17.7 Å². The van der Waals surface area contributed by atoms with Crippen molar-refractivity contribution in [2.75, 3.05) is 0 Å². The maximum absolute atomic E-state index is 12.2. The minimum atomic E-state index is -0.977. The van der Waals surface area contributed by atoms with E-state index in [9.17, 15) is 19.5 Å². The van der Waals surface area contributed by atoms with Gasteiger partial charge in [-0.25, -0.2) is 9.36 Å². The molecule has 0 aliphatic carbocycles. The number of carboxylic acids is 1. The first kappa shape index (κ1) is 18.7. The van der Waals surface area contributed by atoms with Crippen molar-refractivity contribution in [3.63, 3.8) is 0 Å². The first-order valence-corrected chi connectivity index (χ1v) is 8.32. The molecule has 1 heterocycles. The monoisotopic (exact) mass is 376 g/mol. The number of hydrogen-bond donors (Lipinski definition) is 3. The summed E-state index contributed by atoms with van der Waals surface area (Å²) < 4.78 is 0.933. The molecule has 2 aromatic carbocycles. The van der Waals surface area contributed by atoms with Crippen LogP contribution in [0.25, 0.3) is 17.8 Å². The molecular formula is C21H16N2O5. The summed E-state index contributed by atoms with van der Waals surface area (Å²) in [6, 6.07) is 15.3. The molecule has 0 amide bonds. The van der Waals surface area contributed by atoms with Crippen LogP contribution in [0.3, 0.4) is 0 Å². The van der Waals surface area contributed by atoms with E-state index in [1.165, 1.54) is 30.3 Å². The third-order valence-corrected chi connectivity index (χ3v) is 3.95. The van der Waals surface area contributed by atoms with E-state index in [0.29, 0.717) is 5.56 Å². The van der Waals surface area contributed by atoms with Crippen LogP contribution in [0.1, 0.15) is 16.7 Å². The van der Waals surface area contributed by atoms with E-state index in [4.69, 9.17) is 5.11 Å². The molecule has 0 aliphatic rings. The number of H-pyrrole nitrogens is 1. The molecule has 7 nitrogen and oxygen atoms in total. The third kappa shape index (κ3) is 4.17. The number of hydrogen-bond acceptors (Lipinski definition) is 4. The predicted molar refractivity (Wildman–Crippen MR) is 105 cm³/mol. The predicted octanol–water partition coefficient (Wildman–Crippen LogP) is 2.18. The van der Waals surface area contributed by atoms with Crippen LogP contribution in [0, 0.1) is 0 Å². The Hall–Kier alpha value is -4.09. The van der Waals surface area contributed by atoms with Crippen molar-refractivity contribution < 1.29 is 15.0 Å². The maximum atomic E-state index is 12.2. The van der Waals surface area contributed by atoms with Gasteiger partial charge < -0.3 is 10.2 Å². The number of aromatic amines is 1. The summed E-state index contributed by atoms with van der Waals surface area (Å²) in [6.07, 6.45) is 2.76. The minimum absolute atomic E-state index is 0.124. The van der Waals surface area contributed by atoms with E-state index in [1.54, 1.807) is 6.08 Å². The third-order valence-electron chi connectivity index (χ3n) is 3.95.